The number of fused-ring (bicyclic) bond motifs is 4. The molecule has 0 saturated heterocycles. The van der Waals surface area contributed by atoms with E-state index in [4.69, 9.17) is 9.97 Å². The molecule has 0 spiro atoms. The van der Waals surface area contributed by atoms with Crippen LogP contribution in [-0.4, -0.2) is 51.5 Å². The molecule has 0 aliphatic rings. The largest absolute Gasteiger partial charge is 0.356 e. The van der Waals surface area contributed by atoms with Crippen molar-refractivity contribution in [3.8, 4) is 0 Å². The van der Waals surface area contributed by atoms with Crippen LogP contribution in [0.25, 0.3) is 33.1 Å². The van der Waals surface area contributed by atoms with Gasteiger partial charge in [-0.15, -0.1) is 0 Å². The summed E-state index contributed by atoms with van der Waals surface area (Å²) in [5.74, 6) is 0.0780. The molecule has 0 unspecified atom stereocenters. The number of para-hydroxylation sites is 3. The predicted molar refractivity (Wildman–Crippen MR) is 123 cm³/mol. The van der Waals surface area contributed by atoms with Crippen LogP contribution in [0.15, 0.2) is 48.5 Å². The molecule has 1 amide bonds. The summed E-state index contributed by atoms with van der Waals surface area (Å²) in [6, 6.07) is 16.1. The van der Waals surface area contributed by atoms with Gasteiger partial charge in [0.15, 0.2) is 5.65 Å². The van der Waals surface area contributed by atoms with Crippen LogP contribution in [0.2, 0.25) is 0 Å². The van der Waals surface area contributed by atoms with Gasteiger partial charge >= 0.3 is 0 Å². The molecule has 0 bridgehead atoms. The van der Waals surface area contributed by atoms with Gasteiger partial charge < -0.3 is 14.8 Å². The molecule has 0 fully saturated rings. The molecule has 1 N–H and O–H groups in total. The summed E-state index contributed by atoms with van der Waals surface area (Å²) in [4.78, 5) is 24.5. The molecule has 4 rings (SSSR count). The smallest absolute Gasteiger partial charge is 0.221 e. The van der Waals surface area contributed by atoms with E-state index >= 15 is 0 Å². The third-order valence-electron chi connectivity index (χ3n) is 5.69. The van der Waals surface area contributed by atoms with E-state index in [0.29, 0.717) is 19.5 Å². The molecule has 6 nitrogen and oxygen atoms in total. The van der Waals surface area contributed by atoms with Crippen molar-refractivity contribution in [2.75, 3.05) is 26.2 Å². The van der Waals surface area contributed by atoms with Gasteiger partial charge in [0.25, 0.3) is 0 Å². The molecule has 30 heavy (non-hydrogen) atoms. The van der Waals surface area contributed by atoms with E-state index in [-0.39, 0.29) is 5.91 Å². The summed E-state index contributed by atoms with van der Waals surface area (Å²) in [6.45, 7) is 8.75. The van der Waals surface area contributed by atoms with Crippen molar-refractivity contribution in [3.63, 3.8) is 0 Å². The first-order chi connectivity index (χ1) is 14.7. The quantitative estimate of drug-likeness (QED) is 0.430. The van der Waals surface area contributed by atoms with Crippen LogP contribution in [0.1, 0.15) is 26.7 Å². The van der Waals surface area contributed by atoms with E-state index in [1.165, 1.54) is 0 Å². The fraction of sp³-hybridized carbons (Fsp3) is 0.375. The highest BCUT2D eigenvalue weighted by atomic mass is 16.1. The first-order valence-electron chi connectivity index (χ1n) is 10.8. The average Bonchev–Trinajstić information content (AvgIpc) is 3.09. The van der Waals surface area contributed by atoms with Gasteiger partial charge in [0.2, 0.25) is 5.91 Å². The number of aromatic nitrogens is 3. The van der Waals surface area contributed by atoms with Crippen LogP contribution >= 0.6 is 0 Å². The lowest BCUT2D eigenvalue weighted by Crippen LogP contribution is -2.30. The number of hydrogen-bond donors (Lipinski definition) is 1. The molecule has 0 aliphatic heterocycles. The van der Waals surface area contributed by atoms with E-state index in [1.807, 2.05) is 36.4 Å². The van der Waals surface area contributed by atoms with Gasteiger partial charge in [-0.25, -0.2) is 9.97 Å². The topological polar surface area (TPSA) is 63.1 Å². The predicted octanol–water partition coefficient (Wildman–Crippen LogP) is 3.98. The van der Waals surface area contributed by atoms with E-state index in [9.17, 15) is 4.79 Å². The second-order valence-corrected chi connectivity index (χ2v) is 7.53. The second kappa shape index (κ2) is 9.22. The van der Waals surface area contributed by atoms with Crippen molar-refractivity contribution in [1.29, 1.82) is 0 Å². The minimum absolute atomic E-state index is 0.0780. The van der Waals surface area contributed by atoms with Crippen LogP contribution in [0.5, 0.6) is 0 Å². The Morgan fingerprint density at radius 2 is 1.70 bits per heavy atom. The lowest BCUT2D eigenvalue weighted by Gasteiger charge is -2.17. The molecule has 4 aromatic rings. The normalized spacial score (nSPS) is 11.7. The number of nitrogens with zero attached hydrogens (tertiary/aromatic N) is 4. The van der Waals surface area contributed by atoms with Crippen molar-refractivity contribution >= 4 is 39.0 Å². The Morgan fingerprint density at radius 1 is 1.00 bits per heavy atom. The van der Waals surface area contributed by atoms with Gasteiger partial charge in [0, 0.05) is 24.9 Å². The molecule has 0 aliphatic carbocycles. The molecular formula is C24H29N5O. The molecule has 0 atom stereocenters. The van der Waals surface area contributed by atoms with Gasteiger partial charge in [-0.3, -0.25) is 4.79 Å². The third kappa shape index (κ3) is 4.14. The first kappa shape index (κ1) is 20.3. The Balaban J connectivity index is 1.50. The summed E-state index contributed by atoms with van der Waals surface area (Å²) >= 11 is 0. The van der Waals surface area contributed by atoms with E-state index in [0.717, 1.165) is 59.2 Å². The molecule has 6 heteroatoms. The van der Waals surface area contributed by atoms with Crippen molar-refractivity contribution in [1.82, 2.24) is 24.8 Å². The highest BCUT2D eigenvalue weighted by Crippen LogP contribution is 2.28. The summed E-state index contributed by atoms with van der Waals surface area (Å²) in [5, 5.41) is 4.13. The highest BCUT2D eigenvalue weighted by Gasteiger charge is 2.15. The number of carbonyl (C=O) groups is 1. The number of amides is 1. The van der Waals surface area contributed by atoms with Crippen molar-refractivity contribution in [3.05, 3.63) is 48.5 Å². The maximum atomic E-state index is 12.4. The van der Waals surface area contributed by atoms with Gasteiger partial charge in [-0.05, 0) is 44.3 Å². The number of nitrogens with one attached hydrogen (secondary N) is 1. The van der Waals surface area contributed by atoms with Crippen LogP contribution in [-0.2, 0) is 11.3 Å². The first-order valence-corrected chi connectivity index (χ1v) is 10.8. The zero-order valence-electron chi connectivity index (χ0n) is 17.8. The van der Waals surface area contributed by atoms with Gasteiger partial charge in [-0.2, -0.15) is 0 Å². The number of hydrogen-bond acceptors (Lipinski definition) is 4. The standard InChI is InChI=1S/C24H29N5O/c1-3-28(4-2)16-9-15-25-22(30)14-17-29-21-13-8-5-10-18(21)23-24(29)27-20-12-7-6-11-19(20)26-23/h5-8,10-13H,3-4,9,14-17H2,1-2H3,(H,25,30). The van der Waals surface area contributed by atoms with Crippen molar-refractivity contribution < 1.29 is 4.79 Å². The van der Waals surface area contributed by atoms with Gasteiger partial charge in [0.1, 0.15) is 5.52 Å². The molecule has 0 radical (unpaired) electrons. The fourth-order valence-electron chi connectivity index (χ4n) is 3.98. The van der Waals surface area contributed by atoms with Gasteiger partial charge in [0.05, 0.1) is 16.6 Å². The molecule has 0 saturated carbocycles. The lowest BCUT2D eigenvalue weighted by molar-refractivity contribution is -0.121. The molecule has 2 heterocycles. The Kier molecular flexibility index (Phi) is 6.23. The fourth-order valence-corrected chi connectivity index (χ4v) is 3.98. The Labute approximate surface area is 176 Å². The maximum absolute atomic E-state index is 12.4. The zero-order valence-corrected chi connectivity index (χ0v) is 17.8. The number of benzene rings is 2. The number of aryl methyl sites for hydroxylation is 1. The average molecular weight is 404 g/mol. The van der Waals surface area contributed by atoms with Crippen molar-refractivity contribution in [2.24, 2.45) is 0 Å². The van der Waals surface area contributed by atoms with E-state index in [1.54, 1.807) is 0 Å². The van der Waals surface area contributed by atoms with Crippen LogP contribution in [0.4, 0.5) is 0 Å². The molecule has 2 aromatic carbocycles. The Hall–Kier alpha value is -2.99. The number of carbonyl (C=O) groups excluding carboxylic acids is 1. The van der Waals surface area contributed by atoms with Crippen LogP contribution in [0.3, 0.4) is 0 Å². The monoisotopic (exact) mass is 403 g/mol. The zero-order chi connectivity index (χ0) is 20.9. The van der Waals surface area contributed by atoms with E-state index in [2.05, 4.69) is 40.8 Å². The summed E-state index contributed by atoms with van der Waals surface area (Å²) in [5.41, 5.74) is 4.55. The minimum Gasteiger partial charge on any atom is -0.356 e. The van der Waals surface area contributed by atoms with Crippen LogP contribution < -0.4 is 5.32 Å². The van der Waals surface area contributed by atoms with Crippen molar-refractivity contribution in [2.45, 2.75) is 33.2 Å². The maximum Gasteiger partial charge on any atom is 0.221 e. The summed E-state index contributed by atoms with van der Waals surface area (Å²) in [6.07, 6.45) is 1.40. The highest BCUT2D eigenvalue weighted by molar-refractivity contribution is 6.06. The van der Waals surface area contributed by atoms with E-state index < -0.39 is 0 Å². The minimum atomic E-state index is 0.0780. The second-order valence-electron chi connectivity index (χ2n) is 7.53. The summed E-state index contributed by atoms with van der Waals surface area (Å²) < 4.78 is 2.12. The SMILES string of the molecule is CCN(CC)CCCNC(=O)CCn1c2ccccc2c2nc3ccccc3nc21. The third-order valence-corrected chi connectivity index (χ3v) is 5.69. The van der Waals surface area contributed by atoms with Gasteiger partial charge in [-0.1, -0.05) is 44.2 Å². The molecule has 156 valence electrons. The summed E-state index contributed by atoms with van der Waals surface area (Å²) in [7, 11) is 0. The molecule has 2 aromatic heterocycles. The Morgan fingerprint density at radius 3 is 2.47 bits per heavy atom. The van der Waals surface area contributed by atoms with Crippen LogP contribution in [0, 0.1) is 0 Å². The Bertz CT molecular complexity index is 1160. The molecular weight excluding hydrogens is 374 g/mol. The number of rotatable bonds is 9. The lowest BCUT2D eigenvalue weighted by atomic mass is 10.2.